The van der Waals surface area contributed by atoms with E-state index in [1.54, 1.807) is 49.4 Å². The number of benzene rings is 2. The lowest BCUT2D eigenvalue weighted by Crippen LogP contribution is -2.27. The molecule has 24 heavy (non-hydrogen) atoms. The van der Waals surface area contributed by atoms with Crippen molar-refractivity contribution in [2.45, 2.75) is 31.2 Å². The highest BCUT2D eigenvalue weighted by Crippen LogP contribution is 2.22. The maximum atomic E-state index is 12.6. The standard InChI is InChI=1S/C18H21NO4S/c1-13-9-10-15(14(2)18(20)21)11-16(13)12-19(3)24(22,23)17-7-5-4-6-8-17/h4-11,14H,12H2,1-3H3,(H,20,21). The Labute approximate surface area is 142 Å². The molecule has 0 fully saturated rings. The summed E-state index contributed by atoms with van der Waals surface area (Å²) in [5, 5.41) is 9.15. The van der Waals surface area contributed by atoms with Gasteiger partial charge in [0.25, 0.3) is 0 Å². The molecule has 1 N–H and O–H groups in total. The number of aliphatic carboxylic acids is 1. The molecule has 0 bridgehead atoms. The van der Waals surface area contributed by atoms with E-state index in [4.69, 9.17) is 5.11 Å². The fraction of sp³-hybridized carbons (Fsp3) is 0.278. The maximum Gasteiger partial charge on any atom is 0.310 e. The van der Waals surface area contributed by atoms with Gasteiger partial charge < -0.3 is 5.11 Å². The van der Waals surface area contributed by atoms with E-state index in [1.807, 2.05) is 13.0 Å². The summed E-state index contributed by atoms with van der Waals surface area (Å²) in [5.41, 5.74) is 2.38. The van der Waals surface area contributed by atoms with Gasteiger partial charge in [-0.15, -0.1) is 0 Å². The van der Waals surface area contributed by atoms with Crippen molar-refractivity contribution >= 4 is 16.0 Å². The predicted molar refractivity (Wildman–Crippen MR) is 92.3 cm³/mol. The lowest BCUT2D eigenvalue weighted by atomic mass is 9.96. The maximum absolute atomic E-state index is 12.6. The zero-order valence-corrected chi connectivity index (χ0v) is 14.7. The Kier molecular flexibility index (Phi) is 5.41. The highest BCUT2D eigenvalue weighted by molar-refractivity contribution is 7.89. The fourth-order valence-electron chi connectivity index (χ4n) is 2.37. The molecular weight excluding hydrogens is 326 g/mol. The first-order valence-corrected chi connectivity index (χ1v) is 9.01. The Morgan fingerprint density at radius 3 is 2.38 bits per heavy atom. The molecule has 0 aliphatic heterocycles. The molecule has 0 saturated carbocycles. The number of nitrogens with zero attached hydrogens (tertiary/aromatic N) is 1. The van der Waals surface area contributed by atoms with Crippen LogP contribution in [0.1, 0.15) is 29.5 Å². The number of aryl methyl sites for hydroxylation is 1. The molecule has 2 aromatic carbocycles. The number of sulfonamides is 1. The van der Waals surface area contributed by atoms with Gasteiger partial charge >= 0.3 is 5.97 Å². The predicted octanol–water partition coefficient (Wildman–Crippen LogP) is 3.00. The third-order valence-electron chi connectivity index (χ3n) is 4.09. The van der Waals surface area contributed by atoms with Gasteiger partial charge in [-0.05, 0) is 42.7 Å². The fourth-order valence-corrected chi connectivity index (χ4v) is 3.54. The molecule has 0 saturated heterocycles. The van der Waals surface area contributed by atoms with Crippen LogP contribution in [0.4, 0.5) is 0 Å². The van der Waals surface area contributed by atoms with E-state index in [1.165, 1.54) is 11.4 Å². The second-order valence-electron chi connectivity index (χ2n) is 5.82. The van der Waals surface area contributed by atoms with Crippen molar-refractivity contribution in [2.75, 3.05) is 7.05 Å². The number of carboxylic acid groups (broad SMARTS) is 1. The summed E-state index contributed by atoms with van der Waals surface area (Å²) in [6, 6.07) is 13.6. The Bertz CT molecular complexity index is 831. The van der Waals surface area contributed by atoms with Crippen LogP contribution in [0, 0.1) is 6.92 Å². The van der Waals surface area contributed by atoms with Gasteiger partial charge in [0.15, 0.2) is 0 Å². The first-order valence-electron chi connectivity index (χ1n) is 7.57. The molecule has 0 aromatic heterocycles. The molecular formula is C18H21NO4S. The van der Waals surface area contributed by atoms with Crippen LogP contribution in [0.5, 0.6) is 0 Å². The molecule has 0 aliphatic carbocycles. The number of hydrogen-bond acceptors (Lipinski definition) is 3. The van der Waals surface area contributed by atoms with Gasteiger partial charge in [-0.3, -0.25) is 4.79 Å². The monoisotopic (exact) mass is 347 g/mol. The summed E-state index contributed by atoms with van der Waals surface area (Å²) in [7, 11) is -2.06. The summed E-state index contributed by atoms with van der Waals surface area (Å²) in [4.78, 5) is 11.4. The van der Waals surface area contributed by atoms with E-state index in [9.17, 15) is 13.2 Å². The van der Waals surface area contributed by atoms with Gasteiger partial charge in [-0.2, -0.15) is 4.31 Å². The van der Waals surface area contributed by atoms with Crippen molar-refractivity contribution < 1.29 is 18.3 Å². The average Bonchev–Trinajstić information content (AvgIpc) is 2.56. The third kappa shape index (κ3) is 3.83. The van der Waals surface area contributed by atoms with Gasteiger partial charge in [0, 0.05) is 13.6 Å². The van der Waals surface area contributed by atoms with Gasteiger partial charge in [0.2, 0.25) is 10.0 Å². The Hall–Kier alpha value is -2.18. The van der Waals surface area contributed by atoms with Crippen LogP contribution in [-0.2, 0) is 21.4 Å². The minimum Gasteiger partial charge on any atom is -0.481 e. The van der Waals surface area contributed by atoms with Crippen molar-refractivity contribution in [2.24, 2.45) is 0 Å². The first kappa shape index (κ1) is 18.2. The molecule has 2 rings (SSSR count). The van der Waals surface area contributed by atoms with E-state index >= 15 is 0 Å². The number of carbonyl (C=O) groups is 1. The molecule has 6 heteroatoms. The zero-order chi connectivity index (χ0) is 17.9. The van der Waals surface area contributed by atoms with Crippen LogP contribution in [0.25, 0.3) is 0 Å². The largest absolute Gasteiger partial charge is 0.481 e. The summed E-state index contributed by atoms with van der Waals surface area (Å²) >= 11 is 0. The van der Waals surface area contributed by atoms with Crippen LogP contribution < -0.4 is 0 Å². The lowest BCUT2D eigenvalue weighted by Gasteiger charge is -2.19. The minimum atomic E-state index is -3.59. The van der Waals surface area contributed by atoms with Crippen molar-refractivity contribution in [3.63, 3.8) is 0 Å². The highest BCUT2D eigenvalue weighted by Gasteiger charge is 2.22. The third-order valence-corrected chi connectivity index (χ3v) is 5.91. The van der Waals surface area contributed by atoms with Crippen molar-refractivity contribution in [3.8, 4) is 0 Å². The normalized spacial score (nSPS) is 13.0. The Morgan fingerprint density at radius 2 is 1.79 bits per heavy atom. The molecule has 0 spiro atoms. The number of rotatable bonds is 6. The quantitative estimate of drug-likeness (QED) is 0.872. The molecule has 2 aromatic rings. The van der Waals surface area contributed by atoms with Crippen LogP contribution >= 0.6 is 0 Å². The summed E-state index contributed by atoms with van der Waals surface area (Å²) in [6.45, 7) is 3.68. The van der Waals surface area contributed by atoms with E-state index in [2.05, 4.69) is 0 Å². The topological polar surface area (TPSA) is 74.7 Å². The lowest BCUT2D eigenvalue weighted by molar-refractivity contribution is -0.138. The van der Waals surface area contributed by atoms with Crippen molar-refractivity contribution in [1.82, 2.24) is 4.31 Å². The summed E-state index contributed by atoms with van der Waals surface area (Å²) in [5.74, 6) is -1.55. The molecule has 1 atom stereocenters. The van der Waals surface area contributed by atoms with Crippen molar-refractivity contribution in [1.29, 1.82) is 0 Å². The van der Waals surface area contributed by atoms with Gasteiger partial charge in [-0.25, -0.2) is 8.42 Å². The van der Waals surface area contributed by atoms with E-state index in [0.717, 1.165) is 11.1 Å². The molecule has 5 nitrogen and oxygen atoms in total. The SMILES string of the molecule is Cc1ccc(C(C)C(=O)O)cc1CN(C)S(=O)(=O)c1ccccc1. The van der Waals surface area contributed by atoms with Gasteiger partial charge in [0.1, 0.15) is 0 Å². The van der Waals surface area contributed by atoms with Crippen LogP contribution in [0.15, 0.2) is 53.4 Å². The molecule has 1 unspecified atom stereocenters. The second kappa shape index (κ2) is 7.15. The number of carboxylic acids is 1. The first-order chi connectivity index (χ1) is 11.2. The summed E-state index contributed by atoms with van der Waals surface area (Å²) in [6.07, 6.45) is 0. The molecule has 128 valence electrons. The molecule has 0 radical (unpaired) electrons. The minimum absolute atomic E-state index is 0.184. The van der Waals surface area contributed by atoms with Gasteiger partial charge in [0.05, 0.1) is 10.8 Å². The van der Waals surface area contributed by atoms with E-state index in [0.29, 0.717) is 5.56 Å². The highest BCUT2D eigenvalue weighted by atomic mass is 32.2. The zero-order valence-electron chi connectivity index (χ0n) is 13.9. The average molecular weight is 347 g/mol. The molecule has 0 amide bonds. The number of hydrogen-bond donors (Lipinski definition) is 1. The van der Waals surface area contributed by atoms with E-state index < -0.39 is 21.9 Å². The summed E-state index contributed by atoms with van der Waals surface area (Å²) < 4.78 is 26.5. The van der Waals surface area contributed by atoms with Gasteiger partial charge in [-0.1, -0.05) is 36.4 Å². The second-order valence-corrected chi connectivity index (χ2v) is 7.86. The molecule has 0 heterocycles. The van der Waals surface area contributed by atoms with Crippen LogP contribution in [-0.4, -0.2) is 30.8 Å². The van der Waals surface area contributed by atoms with Crippen LogP contribution in [0.3, 0.4) is 0 Å². The van der Waals surface area contributed by atoms with Crippen molar-refractivity contribution in [3.05, 3.63) is 65.2 Å². The van der Waals surface area contributed by atoms with Crippen LogP contribution in [0.2, 0.25) is 0 Å². The molecule has 0 aliphatic rings. The smallest absolute Gasteiger partial charge is 0.310 e. The Balaban J connectivity index is 2.30. The Morgan fingerprint density at radius 1 is 1.17 bits per heavy atom. The van der Waals surface area contributed by atoms with E-state index in [-0.39, 0.29) is 11.4 Å².